The van der Waals surface area contributed by atoms with Crippen LogP contribution in [0, 0.1) is 0 Å². The summed E-state index contributed by atoms with van der Waals surface area (Å²) in [5.74, 6) is 0. The van der Waals surface area contributed by atoms with E-state index in [9.17, 15) is 4.57 Å². The minimum Gasteiger partial charge on any atom is -0.308 e. The lowest BCUT2D eigenvalue weighted by atomic mass is 10.0. The van der Waals surface area contributed by atoms with Crippen LogP contribution in [0.5, 0.6) is 0 Å². The van der Waals surface area contributed by atoms with Crippen molar-refractivity contribution >= 4 is 8.03 Å². The van der Waals surface area contributed by atoms with Gasteiger partial charge in [0, 0.05) is 0 Å². The molecule has 1 aliphatic heterocycles. The van der Waals surface area contributed by atoms with Gasteiger partial charge in [0.25, 0.3) is 0 Å². The Morgan fingerprint density at radius 3 is 2.92 bits per heavy atom. The van der Waals surface area contributed by atoms with Crippen LogP contribution in [0.3, 0.4) is 0 Å². The van der Waals surface area contributed by atoms with Crippen molar-refractivity contribution in [2.45, 2.75) is 32.2 Å². The number of hydrogen-bond acceptors (Lipinski definition) is 3. The zero-order valence-corrected chi connectivity index (χ0v) is 8.69. The summed E-state index contributed by atoms with van der Waals surface area (Å²) in [6.07, 6.45) is 2.95. The van der Waals surface area contributed by atoms with Gasteiger partial charge in [-0.1, -0.05) is 0 Å². The topological polar surface area (TPSA) is 38.3 Å². The molecule has 2 unspecified atom stereocenters. The van der Waals surface area contributed by atoms with Crippen LogP contribution in [0.1, 0.15) is 26.7 Å². The SMILES string of the molecule is CCO[P+](=O)CC1(C)CCCN1. The first-order chi connectivity index (χ1) is 5.66. The van der Waals surface area contributed by atoms with Gasteiger partial charge in [-0.05, 0) is 37.8 Å². The monoisotopic (exact) mass is 190 g/mol. The average Bonchev–Trinajstić information content (AvgIpc) is 2.36. The van der Waals surface area contributed by atoms with Crippen molar-refractivity contribution in [2.24, 2.45) is 0 Å². The van der Waals surface area contributed by atoms with Gasteiger partial charge in [-0.25, -0.2) is 0 Å². The average molecular weight is 190 g/mol. The predicted octanol–water partition coefficient (Wildman–Crippen LogP) is 1.91. The van der Waals surface area contributed by atoms with Gasteiger partial charge in [0.2, 0.25) is 0 Å². The summed E-state index contributed by atoms with van der Waals surface area (Å²) in [5.41, 5.74) is 0.0582. The van der Waals surface area contributed by atoms with Gasteiger partial charge < -0.3 is 5.32 Å². The first-order valence-corrected chi connectivity index (χ1v) is 5.85. The van der Waals surface area contributed by atoms with E-state index in [-0.39, 0.29) is 5.54 Å². The summed E-state index contributed by atoms with van der Waals surface area (Å²) in [6.45, 7) is 5.58. The highest BCUT2D eigenvalue weighted by Gasteiger charge is 2.37. The van der Waals surface area contributed by atoms with Crippen LogP contribution in [-0.2, 0) is 9.09 Å². The first kappa shape index (κ1) is 10.1. The van der Waals surface area contributed by atoms with Crippen molar-refractivity contribution in [3.63, 3.8) is 0 Å². The Labute approximate surface area is 74.7 Å². The van der Waals surface area contributed by atoms with Crippen molar-refractivity contribution in [3.05, 3.63) is 0 Å². The Morgan fingerprint density at radius 2 is 2.42 bits per heavy atom. The van der Waals surface area contributed by atoms with Crippen LogP contribution in [0.2, 0.25) is 0 Å². The van der Waals surface area contributed by atoms with Gasteiger partial charge >= 0.3 is 8.03 Å². The van der Waals surface area contributed by atoms with Gasteiger partial charge in [0.05, 0.1) is 12.1 Å². The van der Waals surface area contributed by atoms with E-state index in [0.29, 0.717) is 12.8 Å². The maximum Gasteiger partial charge on any atom is 0.510 e. The van der Waals surface area contributed by atoms with Crippen LogP contribution in [0.15, 0.2) is 0 Å². The van der Waals surface area contributed by atoms with Crippen molar-refractivity contribution in [1.29, 1.82) is 0 Å². The van der Waals surface area contributed by atoms with E-state index in [1.807, 2.05) is 6.92 Å². The van der Waals surface area contributed by atoms with E-state index in [2.05, 4.69) is 12.2 Å². The van der Waals surface area contributed by atoms with E-state index < -0.39 is 8.03 Å². The summed E-state index contributed by atoms with van der Waals surface area (Å²) in [6, 6.07) is 0. The second-order valence-electron chi connectivity index (χ2n) is 3.50. The molecule has 1 aliphatic rings. The van der Waals surface area contributed by atoms with Crippen LogP contribution in [-0.4, -0.2) is 24.9 Å². The lowest BCUT2D eigenvalue weighted by molar-refractivity contribution is 0.338. The molecule has 0 aromatic carbocycles. The van der Waals surface area contributed by atoms with Crippen LogP contribution < -0.4 is 5.32 Å². The van der Waals surface area contributed by atoms with Crippen molar-refractivity contribution < 1.29 is 9.09 Å². The number of hydrogen-bond donors (Lipinski definition) is 1. The smallest absolute Gasteiger partial charge is 0.308 e. The van der Waals surface area contributed by atoms with E-state index in [4.69, 9.17) is 4.52 Å². The van der Waals surface area contributed by atoms with Crippen LogP contribution >= 0.6 is 8.03 Å². The van der Waals surface area contributed by atoms with Crippen LogP contribution in [0.4, 0.5) is 0 Å². The molecule has 1 N–H and O–H groups in total. The largest absolute Gasteiger partial charge is 0.510 e. The quantitative estimate of drug-likeness (QED) is 0.688. The Morgan fingerprint density at radius 1 is 1.67 bits per heavy atom. The Bertz CT molecular complexity index is 166. The van der Waals surface area contributed by atoms with E-state index >= 15 is 0 Å². The van der Waals surface area contributed by atoms with Crippen molar-refractivity contribution in [1.82, 2.24) is 5.32 Å². The minimum atomic E-state index is -1.45. The second-order valence-corrected chi connectivity index (χ2v) is 4.74. The molecule has 0 aliphatic carbocycles. The van der Waals surface area contributed by atoms with E-state index in [1.54, 1.807) is 0 Å². The molecule has 0 aromatic rings. The maximum absolute atomic E-state index is 11.3. The normalized spacial score (nSPS) is 30.7. The molecular weight excluding hydrogens is 173 g/mol. The summed E-state index contributed by atoms with van der Waals surface area (Å²) in [7, 11) is -1.45. The molecule has 3 nitrogen and oxygen atoms in total. The fraction of sp³-hybridized carbons (Fsp3) is 1.00. The molecule has 0 aromatic heterocycles. The third kappa shape index (κ3) is 2.81. The van der Waals surface area contributed by atoms with Gasteiger partial charge in [-0.3, -0.25) is 0 Å². The molecule has 1 fully saturated rings. The molecule has 12 heavy (non-hydrogen) atoms. The molecule has 70 valence electrons. The van der Waals surface area contributed by atoms with Crippen LogP contribution in [0.25, 0.3) is 0 Å². The van der Waals surface area contributed by atoms with Crippen molar-refractivity contribution in [2.75, 3.05) is 19.3 Å². The summed E-state index contributed by atoms with van der Waals surface area (Å²) >= 11 is 0. The Hall–Kier alpha value is 0.0200. The third-order valence-corrected chi connectivity index (χ3v) is 3.71. The first-order valence-electron chi connectivity index (χ1n) is 4.49. The van der Waals surface area contributed by atoms with E-state index in [1.165, 1.54) is 6.42 Å². The van der Waals surface area contributed by atoms with E-state index in [0.717, 1.165) is 13.0 Å². The molecule has 1 rings (SSSR count). The fourth-order valence-corrected chi connectivity index (χ4v) is 2.79. The zero-order valence-electron chi connectivity index (χ0n) is 7.80. The molecule has 1 saturated heterocycles. The molecule has 4 heteroatoms. The lowest BCUT2D eigenvalue weighted by Crippen LogP contribution is -2.38. The zero-order chi connectivity index (χ0) is 9.03. The van der Waals surface area contributed by atoms with Gasteiger partial charge in [0.1, 0.15) is 0 Å². The second kappa shape index (κ2) is 4.31. The summed E-state index contributed by atoms with van der Waals surface area (Å²) in [5, 5.41) is 3.36. The molecule has 2 atom stereocenters. The fourth-order valence-electron chi connectivity index (χ4n) is 1.57. The molecule has 1 heterocycles. The Kier molecular flexibility index (Phi) is 3.63. The summed E-state index contributed by atoms with van der Waals surface area (Å²) in [4.78, 5) is 0. The molecule has 0 saturated carbocycles. The molecule has 0 amide bonds. The molecule has 0 bridgehead atoms. The standard InChI is InChI=1S/C8H17NO2P/c1-3-11-12(10)7-8(2)5-4-6-9-8/h9H,3-7H2,1-2H3/q+1. The Balaban J connectivity index is 2.33. The lowest BCUT2D eigenvalue weighted by Gasteiger charge is -2.17. The van der Waals surface area contributed by atoms with Gasteiger partial charge in [0.15, 0.2) is 6.16 Å². The molecule has 0 spiro atoms. The summed E-state index contributed by atoms with van der Waals surface area (Å²) < 4.78 is 16.3. The number of nitrogens with one attached hydrogen (secondary N) is 1. The van der Waals surface area contributed by atoms with Crippen molar-refractivity contribution in [3.8, 4) is 0 Å². The van der Waals surface area contributed by atoms with Gasteiger partial charge in [-0.15, -0.1) is 4.52 Å². The highest BCUT2D eigenvalue weighted by molar-refractivity contribution is 7.39. The van der Waals surface area contributed by atoms with Gasteiger partial charge in [-0.2, -0.15) is 0 Å². The third-order valence-electron chi connectivity index (χ3n) is 2.21. The highest BCUT2D eigenvalue weighted by atomic mass is 31.1. The predicted molar refractivity (Wildman–Crippen MR) is 49.7 cm³/mol. The molecular formula is C8H17NO2P+. The highest BCUT2D eigenvalue weighted by Crippen LogP contribution is 2.31. The maximum atomic E-state index is 11.3. The number of rotatable bonds is 4. The molecule has 0 radical (unpaired) electrons. The minimum absolute atomic E-state index is 0.0582.